The number of nitrogens with zero attached hydrogens (tertiary/aromatic N) is 1. The van der Waals surface area contributed by atoms with E-state index >= 15 is 0 Å². The van der Waals surface area contributed by atoms with Crippen molar-refractivity contribution in [2.24, 2.45) is 5.92 Å². The smallest absolute Gasteiger partial charge is 0.0495 e. The Morgan fingerprint density at radius 1 is 1.20 bits per heavy atom. The first-order chi connectivity index (χ1) is 6.79. The lowest BCUT2D eigenvalue weighted by Crippen LogP contribution is -2.59. The van der Waals surface area contributed by atoms with Crippen LogP contribution in [0.5, 0.6) is 0 Å². The second kappa shape index (κ2) is 4.40. The summed E-state index contributed by atoms with van der Waals surface area (Å²) in [4.78, 5) is 0. The number of piperidine rings is 1. The molecule has 1 fully saturated rings. The van der Waals surface area contributed by atoms with E-state index in [1.165, 1.54) is 5.06 Å². The molecule has 1 aliphatic heterocycles. The van der Waals surface area contributed by atoms with Crippen LogP contribution in [0.2, 0.25) is 0 Å². The van der Waals surface area contributed by atoms with Crippen molar-refractivity contribution in [2.75, 3.05) is 13.2 Å². The molecule has 3 heteroatoms. The zero-order chi connectivity index (χ0) is 11.7. The van der Waals surface area contributed by atoms with E-state index in [9.17, 15) is 5.21 Å². The molecule has 0 aromatic carbocycles. The Balaban J connectivity index is 2.66. The van der Waals surface area contributed by atoms with Crippen LogP contribution in [0.3, 0.4) is 0 Å². The van der Waals surface area contributed by atoms with Crippen LogP contribution < -0.4 is 0 Å². The summed E-state index contributed by atoms with van der Waals surface area (Å²) >= 11 is 0. The number of hydrogen-bond donors (Lipinski definition) is 1. The quantitative estimate of drug-likeness (QED) is 0.785. The molecule has 0 saturated carbocycles. The first-order valence-corrected chi connectivity index (χ1v) is 5.86. The number of rotatable bonds is 3. The van der Waals surface area contributed by atoms with Crippen molar-refractivity contribution < 1.29 is 9.94 Å². The van der Waals surface area contributed by atoms with E-state index in [-0.39, 0.29) is 11.1 Å². The molecular weight excluding hydrogens is 190 g/mol. The molecule has 1 aliphatic rings. The second-order valence-corrected chi connectivity index (χ2v) is 5.87. The predicted molar refractivity (Wildman–Crippen MR) is 61.0 cm³/mol. The highest BCUT2D eigenvalue weighted by Crippen LogP contribution is 2.39. The maximum absolute atomic E-state index is 10.1. The second-order valence-electron chi connectivity index (χ2n) is 5.87. The third kappa shape index (κ3) is 2.92. The molecule has 0 unspecified atom stereocenters. The van der Waals surface area contributed by atoms with Crippen molar-refractivity contribution in [3.63, 3.8) is 0 Å². The van der Waals surface area contributed by atoms with Crippen LogP contribution in [-0.4, -0.2) is 34.6 Å². The van der Waals surface area contributed by atoms with Crippen LogP contribution >= 0.6 is 0 Å². The summed E-state index contributed by atoms with van der Waals surface area (Å²) in [6, 6.07) is 0. The molecule has 0 aromatic heterocycles. The largest absolute Gasteiger partial charge is 0.381 e. The highest BCUT2D eigenvalue weighted by atomic mass is 16.5. The Bertz CT molecular complexity index is 196. The van der Waals surface area contributed by atoms with Crippen molar-refractivity contribution in [1.29, 1.82) is 0 Å². The fourth-order valence-electron chi connectivity index (χ4n) is 2.88. The average Bonchev–Trinajstić information content (AvgIpc) is 2.10. The van der Waals surface area contributed by atoms with Gasteiger partial charge < -0.3 is 9.94 Å². The van der Waals surface area contributed by atoms with Crippen LogP contribution in [-0.2, 0) is 4.74 Å². The van der Waals surface area contributed by atoms with E-state index in [1.54, 1.807) is 0 Å². The Labute approximate surface area is 93.4 Å². The number of hydroxylamine groups is 2. The Morgan fingerprint density at radius 2 is 1.67 bits per heavy atom. The molecule has 0 atom stereocenters. The van der Waals surface area contributed by atoms with Crippen LogP contribution in [0, 0.1) is 5.92 Å². The minimum Gasteiger partial charge on any atom is -0.381 e. The summed E-state index contributed by atoms with van der Waals surface area (Å²) < 4.78 is 5.49. The molecule has 15 heavy (non-hydrogen) atoms. The van der Waals surface area contributed by atoms with Gasteiger partial charge in [0.2, 0.25) is 0 Å². The zero-order valence-electron chi connectivity index (χ0n) is 10.7. The molecule has 1 N–H and O–H groups in total. The van der Waals surface area contributed by atoms with Gasteiger partial charge in [-0.3, -0.25) is 0 Å². The maximum atomic E-state index is 10.1. The number of hydrogen-bond acceptors (Lipinski definition) is 3. The topological polar surface area (TPSA) is 32.7 Å². The first kappa shape index (κ1) is 12.9. The van der Waals surface area contributed by atoms with Crippen molar-refractivity contribution in [3.8, 4) is 0 Å². The van der Waals surface area contributed by atoms with Crippen LogP contribution in [0.15, 0.2) is 0 Å². The van der Waals surface area contributed by atoms with Gasteiger partial charge in [-0.05, 0) is 53.4 Å². The van der Waals surface area contributed by atoms with E-state index in [4.69, 9.17) is 4.74 Å². The van der Waals surface area contributed by atoms with Gasteiger partial charge >= 0.3 is 0 Å². The summed E-state index contributed by atoms with van der Waals surface area (Å²) in [6.45, 7) is 12.0. The minimum absolute atomic E-state index is 0.149. The highest BCUT2D eigenvalue weighted by molar-refractivity contribution is 4.95. The summed E-state index contributed by atoms with van der Waals surface area (Å²) in [7, 11) is 0. The van der Waals surface area contributed by atoms with Gasteiger partial charge in [0.1, 0.15) is 0 Å². The van der Waals surface area contributed by atoms with Crippen molar-refractivity contribution >= 4 is 0 Å². The van der Waals surface area contributed by atoms with Crippen molar-refractivity contribution in [2.45, 2.75) is 58.5 Å². The lowest BCUT2D eigenvalue weighted by atomic mass is 9.76. The fraction of sp³-hybridized carbons (Fsp3) is 1.00. The van der Waals surface area contributed by atoms with Gasteiger partial charge in [0.15, 0.2) is 0 Å². The molecule has 90 valence electrons. The average molecular weight is 215 g/mol. The third-order valence-electron chi connectivity index (χ3n) is 3.28. The predicted octanol–water partition coefficient (Wildman–Crippen LogP) is 2.68. The lowest BCUT2D eigenvalue weighted by molar-refractivity contribution is -0.253. The molecule has 1 saturated heterocycles. The van der Waals surface area contributed by atoms with E-state index in [2.05, 4.69) is 27.7 Å². The van der Waals surface area contributed by atoms with E-state index in [1.807, 2.05) is 6.92 Å². The lowest BCUT2D eigenvalue weighted by Gasteiger charge is -2.51. The summed E-state index contributed by atoms with van der Waals surface area (Å²) in [5.41, 5.74) is -0.299. The first-order valence-electron chi connectivity index (χ1n) is 5.86. The van der Waals surface area contributed by atoms with Crippen molar-refractivity contribution in [3.05, 3.63) is 0 Å². The Morgan fingerprint density at radius 3 is 2.07 bits per heavy atom. The summed E-state index contributed by atoms with van der Waals surface area (Å²) in [5, 5.41) is 11.6. The molecule has 0 spiro atoms. The third-order valence-corrected chi connectivity index (χ3v) is 3.28. The Hall–Kier alpha value is -0.120. The monoisotopic (exact) mass is 215 g/mol. The SMILES string of the molecule is CCOCC1CC(C)(C)N(O)C(C)(C)C1. The van der Waals surface area contributed by atoms with Gasteiger partial charge in [0.05, 0.1) is 0 Å². The van der Waals surface area contributed by atoms with E-state index < -0.39 is 0 Å². The van der Waals surface area contributed by atoms with E-state index in [0.717, 1.165) is 26.1 Å². The standard InChI is InChI=1S/C12H25NO2/c1-6-15-9-10-7-11(2,3)13(14)12(4,5)8-10/h10,14H,6-9H2,1-5H3. The molecular formula is C12H25NO2. The summed E-state index contributed by atoms with van der Waals surface area (Å²) in [6.07, 6.45) is 1.99. The summed E-state index contributed by atoms with van der Waals surface area (Å²) in [5.74, 6) is 0.554. The molecule has 0 aliphatic carbocycles. The van der Waals surface area contributed by atoms with Gasteiger partial charge in [-0.1, -0.05) is 0 Å². The molecule has 1 rings (SSSR count). The minimum atomic E-state index is -0.149. The van der Waals surface area contributed by atoms with Crippen LogP contribution in [0.1, 0.15) is 47.5 Å². The molecule has 0 bridgehead atoms. The molecule has 0 radical (unpaired) electrons. The molecule has 0 aromatic rings. The highest BCUT2D eigenvalue weighted by Gasteiger charge is 2.44. The maximum Gasteiger partial charge on any atom is 0.0495 e. The van der Waals surface area contributed by atoms with Gasteiger partial charge in [0.25, 0.3) is 0 Å². The van der Waals surface area contributed by atoms with Gasteiger partial charge in [-0.15, -0.1) is 0 Å². The normalized spacial score (nSPS) is 26.8. The van der Waals surface area contributed by atoms with Crippen LogP contribution in [0.25, 0.3) is 0 Å². The molecule has 3 nitrogen and oxygen atoms in total. The molecule has 0 amide bonds. The fourth-order valence-corrected chi connectivity index (χ4v) is 2.88. The van der Waals surface area contributed by atoms with Crippen molar-refractivity contribution in [1.82, 2.24) is 5.06 Å². The number of ether oxygens (including phenoxy) is 1. The van der Waals surface area contributed by atoms with Gasteiger partial charge in [-0.2, -0.15) is 5.06 Å². The van der Waals surface area contributed by atoms with E-state index in [0.29, 0.717) is 5.92 Å². The van der Waals surface area contributed by atoms with Gasteiger partial charge in [0, 0.05) is 24.3 Å². The Kier molecular flexibility index (Phi) is 3.80. The zero-order valence-corrected chi connectivity index (χ0v) is 10.7. The van der Waals surface area contributed by atoms with Crippen LogP contribution in [0.4, 0.5) is 0 Å². The van der Waals surface area contributed by atoms with Gasteiger partial charge in [-0.25, -0.2) is 0 Å². The molecule has 1 heterocycles.